The molecule has 0 spiro atoms. The van der Waals surface area contributed by atoms with Crippen molar-refractivity contribution in [3.8, 4) is 0 Å². The van der Waals surface area contributed by atoms with Gasteiger partial charge in [-0.2, -0.15) is 0 Å². The Labute approximate surface area is 190 Å². The number of nitrogens with two attached hydrogens (primary N) is 1. The van der Waals surface area contributed by atoms with E-state index >= 15 is 0 Å². The van der Waals surface area contributed by atoms with Gasteiger partial charge in [-0.25, -0.2) is 0 Å². The number of nitrogens with one attached hydrogen (secondary N) is 1. The Morgan fingerprint density at radius 1 is 1.26 bits per heavy atom. The zero-order valence-corrected chi connectivity index (χ0v) is 19.9. The molecule has 0 bridgehead atoms. The summed E-state index contributed by atoms with van der Waals surface area (Å²) in [5, 5.41) is 3.45. The summed E-state index contributed by atoms with van der Waals surface area (Å²) in [5.74, 6) is 0. The van der Waals surface area contributed by atoms with Crippen molar-refractivity contribution < 1.29 is 0 Å². The first-order chi connectivity index (χ1) is 15.1. The van der Waals surface area contributed by atoms with Crippen molar-refractivity contribution in [2.45, 2.75) is 71.0 Å². The number of rotatable bonds is 15. The predicted molar refractivity (Wildman–Crippen MR) is 136 cm³/mol. The smallest absolute Gasteiger partial charge is 0.0729 e. The number of hydrogen-bond donors (Lipinski definition) is 2. The fourth-order valence-corrected chi connectivity index (χ4v) is 3.99. The van der Waals surface area contributed by atoms with Crippen LogP contribution in [0.2, 0.25) is 0 Å². The predicted octanol–water partition coefficient (Wildman–Crippen LogP) is 5.76. The van der Waals surface area contributed by atoms with Crippen LogP contribution in [0.4, 0.5) is 0 Å². The first kappa shape index (κ1) is 25.3. The topological polar surface area (TPSA) is 51.2 Å². The van der Waals surface area contributed by atoms with E-state index in [2.05, 4.69) is 92.3 Å². The van der Waals surface area contributed by atoms with E-state index < -0.39 is 0 Å². The normalized spacial score (nSPS) is 18.0. The lowest BCUT2D eigenvalue weighted by Crippen LogP contribution is -2.36. The minimum Gasteiger partial charge on any atom is -0.330 e. The highest BCUT2D eigenvalue weighted by Gasteiger charge is 2.31. The van der Waals surface area contributed by atoms with Crippen molar-refractivity contribution in [2.75, 3.05) is 20.1 Å². The van der Waals surface area contributed by atoms with Gasteiger partial charge in [0, 0.05) is 12.6 Å². The van der Waals surface area contributed by atoms with Crippen molar-refractivity contribution in [1.29, 1.82) is 0 Å². The molecule has 3 nitrogen and oxygen atoms in total. The van der Waals surface area contributed by atoms with Crippen LogP contribution in [0.3, 0.4) is 0 Å². The van der Waals surface area contributed by atoms with Crippen LogP contribution in [0.5, 0.6) is 0 Å². The maximum atomic E-state index is 5.66. The van der Waals surface area contributed by atoms with E-state index in [0.29, 0.717) is 12.2 Å². The van der Waals surface area contributed by atoms with Crippen molar-refractivity contribution in [1.82, 2.24) is 10.2 Å². The molecule has 1 aliphatic heterocycles. The SMILES string of the molecule is C=C(C\C=C/C=C(CCCCN)\C(C)=C\C)C(CCCc1ccccc1)N(C)C1CN1. The molecule has 2 atom stereocenters. The Morgan fingerprint density at radius 3 is 2.65 bits per heavy atom. The summed E-state index contributed by atoms with van der Waals surface area (Å²) < 4.78 is 0. The molecule has 170 valence electrons. The highest BCUT2D eigenvalue weighted by atomic mass is 15.4. The number of likely N-dealkylation sites (N-methyl/N-ethyl adjacent to an activating group) is 1. The van der Waals surface area contributed by atoms with E-state index in [4.69, 9.17) is 5.73 Å². The van der Waals surface area contributed by atoms with E-state index in [0.717, 1.165) is 51.6 Å². The number of unbranched alkanes of at least 4 members (excludes halogenated alkanes) is 1. The largest absolute Gasteiger partial charge is 0.330 e. The molecule has 1 aliphatic rings. The molecule has 0 amide bonds. The summed E-state index contributed by atoms with van der Waals surface area (Å²) in [6.45, 7) is 10.6. The molecule has 3 N–H and O–H groups in total. The van der Waals surface area contributed by atoms with Gasteiger partial charge in [-0.3, -0.25) is 10.2 Å². The lowest BCUT2D eigenvalue weighted by molar-refractivity contribution is 0.242. The number of benzene rings is 1. The van der Waals surface area contributed by atoms with E-state index in [1.165, 1.54) is 28.7 Å². The Kier molecular flexibility index (Phi) is 11.6. The summed E-state index contributed by atoms with van der Waals surface area (Å²) in [4.78, 5) is 2.47. The Hall–Kier alpha value is -1.94. The zero-order valence-electron chi connectivity index (χ0n) is 19.9. The lowest BCUT2D eigenvalue weighted by atomic mass is 9.96. The second kappa shape index (κ2) is 14.2. The molecule has 0 aromatic heterocycles. The molecule has 2 rings (SSSR count). The highest BCUT2D eigenvalue weighted by molar-refractivity contribution is 5.32. The van der Waals surface area contributed by atoms with Crippen LogP contribution in [-0.4, -0.2) is 37.2 Å². The van der Waals surface area contributed by atoms with Gasteiger partial charge in [0.1, 0.15) is 0 Å². The van der Waals surface area contributed by atoms with Crippen molar-refractivity contribution in [2.24, 2.45) is 5.73 Å². The van der Waals surface area contributed by atoms with Crippen molar-refractivity contribution in [3.63, 3.8) is 0 Å². The van der Waals surface area contributed by atoms with Crippen LogP contribution in [0, 0.1) is 0 Å². The minimum atomic E-state index is 0.415. The van der Waals surface area contributed by atoms with Gasteiger partial charge in [0.05, 0.1) is 6.17 Å². The second-order valence-corrected chi connectivity index (χ2v) is 8.68. The van der Waals surface area contributed by atoms with Gasteiger partial charge < -0.3 is 5.73 Å². The quantitative estimate of drug-likeness (QED) is 0.164. The van der Waals surface area contributed by atoms with Gasteiger partial charge in [0.2, 0.25) is 0 Å². The third-order valence-electron chi connectivity index (χ3n) is 6.28. The molecule has 1 aromatic rings. The monoisotopic (exact) mass is 421 g/mol. The van der Waals surface area contributed by atoms with E-state index in [9.17, 15) is 0 Å². The molecular formula is C28H43N3. The summed E-state index contributed by atoms with van der Waals surface area (Å²) >= 11 is 0. The Balaban J connectivity index is 1.91. The molecule has 2 unspecified atom stereocenters. The molecule has 1 heterocycles. The van der Waals surface area contributed by atoms with Crippen LogP contribution in [0.25, 0.3) is 0 Å². The van der Waals surface area contributed by atoms with Gasteiger partial charge in [-0.15, -0.1) is 0 Å². The molecule has 31 heavy (non-hydrogen) atoms. The van der Waals surface area contributed by atoms with Crippen LogP contribution >= 0.6 is 0 Å². The highest BCUT2D eigenvalue weighted by Crippen LogP contribution is 2.23. The molecule has 1 aromatic carbocycles. The van der Waals surface area contributed by atoms with Gasteiger partial charge in [-0.1, -0.05) is 72.4 Å². The van der Waals surface area contributed by atoms with Crippen LogP contribution in [0.15, 0.2) is 77.9 Å². The van der Waals surface area contributed by atoms with E-state index in [1.54, 1.807) is 0 Å². The van der Waals surface area contributed by atoms with E-state index in [1.807, 2.05) is 0 Å². The standard InChI is InChI=1S/C28H43N3/c1-5-23(2)26(19-11-12-21-29)18-10-9-14-24(3)27(31(4)28-22-30-28)20-13-17-25-15-7-6-8-16-25/h5-10,15-16,18,27-28,30H,3,11-14,17,19-22,29H2,1-2,4H3/b10-9-,23-5+,26-18-. The van der Waals surface area contributed by atoms with Crippen LogP contribution in [0.1, 0.15) is 57.9 Å². The van der Waals surface area contributed by atoms with Crippen molar-refractivity contribution in [3.05, 3.63) is 83.5 Å². The molecule has 0 aliphatic carbocycles. The van der Waals surface area contributed by atoms with Crippen LogP contribution < -0.4 is 11.1 Å². The Morgan fingerprint density at radius 2 is 2.00 bits per heavy atom. The maximum absolute atomic E-state index is 5.66. The summed E-state index contributed by atoms with van der Waals surface area (Å²) in [6, 6.07) is 11.2. The van der Waals surface area contributed by atoms with Gasteiger partial charge in [0.25, 0.3) is 0 Å². The average Bonchev–Trinajstić information content (AvgIpc) is 3.63. The number of nitrogens with zero attached hydrogens (tertiary/aromatic N) is 1. The first-order valence-electron chi connectivity index (χ1n) is 11.9. The van der Waals surface area contributed by atoms with Crippen LogP contribution in [-0.2, 0) is 6.42 Å². The minimum absolute atomic E-state index is 0.415. The molecule has 0 radical (unpaired) electrons. The molecule has 3 heteroatoms. The lowest BCUT2D eigenvalue weighted by Gasteiger charge is -2.29. The zero-order chi connectivity index (χ0) is 22.5. The molecular weight excluding hydrogens is 378 g/mol. The Bertz CT molecular complexity index is 741. The molecule has 0 saturated carbocycles. The summed E-state index contributed by atoms with van der Waals surface area (Å²) in [6.07, 6.45) is 17.2. The number of aryl methyl sites for hydroxylation is 1. The average molecular weight is 422 g/mol. The number of allylic oxidation sites excluding steroid dienone is 6. The summed E-state index contributed by atoms with van der Waals surface area (Å²) in [7, 11) is 2.23. The first-order valence-corrected chi connectivity index (χ1v) is 11.9. The third-order valence-corrected chi connectivity index (χ3v) is 6.28. The number of hydrogen-bond acceptors (Lipinski definition) is 3. The third kappa shape index (κ3) is 9.39. The van der Waals surface area contributed by atoms with Gasteiger partial charge in [0.15, 0.2) is 0 Å². The second-order valence-electron chi connectivity index (χ2n) is 8.68. The summed E-state index contributed by atoms with van der Waals surface area (Å²) in [5.41, 5.74) is 11.2. The fourth-order valence-electron chi connectivity index (χ4n) is 3.99. The fraction of sp³-hybridized carbons (Fsp3) is 0.500. The molecule has 1 saturated heterocycles. The van der Waals surface area contributed by atoms with E-state index in [-0.39, 0.29) is 0 Å². The maximum Gasteiger partial charge on any atom is 0.0729 e. The molecule has 1 fully saturated rings. The van der Waals surface area contributed by atoms with Crippen molar-refractivity contribution >= 4 is 0 Å². The van der Waals surface area contributed by atoms with Gasteiger partial charge >= 0.3 is 0 Å². The van der Waals surface area contributed by atoms with Gasteiger partial charge in [-0.05, 0) is 83.5 Å².